The van der Waals surface area contributed by atoms with E-state index in [1.165, 1.54) is 0 Å². The molecule has 1 aliphatic rings. The first-order valence-corrected chi connectivity index (χ1v) is 8.38. The summed E-state index contributed by atoms with van der Waals surface area (Å²) in [5.41, 5.74) is 7.10. The molecule has 21 heavy (non-hydrogen) atoms. The van der Waals surface area contributed by atoms with Crippen LogP contribution in [0.15, 0.2) is 18.2 Å². The Hall–Kier alpha value is -1.14. The summed E-state index contributed by atoms with van der Waals surface area (Å²) in [5, 5.41) is 0. The van der Waals surface area contributed by atoms with Crippen molar-refractivity contribution in [3.63, 3.8) is 0 Å². The highest BCUT2D eigenvalue weighted by Crippen LogP contribution is 2.29. The molecule has 1 saturated heterocycles. The summed E-state index contributed by atoms with van der Waals surface area (Å²) >= 11 is 0. The number of hydrogen-bond donors (Lipinski definition) is 3. The van der Waals surface area contributed by atoms with Gasteiger partial charge in [0, 0.05) is 18.5 Å². The monoisotopic (exact) mass is 329 g/mol. The second kappa shape index (κ2) is 7.22. The van der Waals surface area contributed by atoms with E-state index in [4.69, 9.17) is 10.5 Å². The first-order valence-electron chi connectivity index (χ1n) is 6.71. The molecule has 1 aromatic carbocycles. The third-order valence-electron chi connectivity index (χ3n) is 3.47. The van der Waals surface area contributed by atoms with Crippen LogP contribution in [0.2, 0.25) is 0 Å². The van der Waals surface area contributed by atoms with E-state index in [9.17, 15) is 8.42 Å². The summed E-state index contributed by atoms with van der Waals surface area (Å²) in [4.78, 5) is 2.26. The predicted molar refractivity (Wildman–Crippen MR) is 88.1 cm³/mol. The standard InChI is InChI=1S/C13H20N3O3PS/c1-16-7-5-9(6-8-16)19-11-4-2-3-10(15-21(17)18)12(11)13(14)20/h2-4,9,20-21H,5-8,14H2,1H3,(H,15,17,18). The molecule has 0 spiro atoms. The molecule has 0 aromatic heterocycles. The average Bonchev–Trinajstić information content (AvgIpc) is 2.40. The van der Waals surface area contributed by atoms with Crippen LogP contribution < -0.4 is 15.2 Å². The molecular weight excluding hydrogens is 309 g/mol. The molecule has 0 aliphatic carbocycles. The van der Waals surface area contributed by atoms with Gasteiger partial charge in [0.2, 0.25) is 10.9 Å². The highest BCUT2D eigenvalue weighted by molar-refractivity contribution is 7.73. The van der Waals surface area contributed by atoms with Crippen LogP contribution in [0.5, 0.6) is 5.75 Å². The topological polar surface area (TPSA) is 84.7 Å². The number of nitrogens with zero attached hydrogens (tertiary/aromatic N) is 1. The van der Waals surface area contributed by atoms with Crippen molar-refractivity contribution in [2.45, 2.75) is 18.9 Å². The molecule has 116 valence electrons. The van der Waals surface area contributed by atoms with Gasteiger partial charge in [0.1, 0.15) is 11.9 Å². The summed E-state index contributed by atoms with van der Waals surface area (Å²) in [6.45, 7) is 1.97. The van der Waals surface area contributed by atoms with Crippen molar-refractivity contribution >= 4 is 30.9 Å². The van der Waals surface area contributed by atoms with Crippen LogP contribution in [0.4, 0.5) is 5.69 Å². The van der Waals surface area contributed by atoms with E-state index in [0.717, 1.165) is 25.9 Å². The Labute approximate surface area is 128 Å². The average molecular weight is 329 g/mol. The first-order chi connectivity index (χ1) is 9.97. The number of ether oxygens (including phenoxy) is 1. The number of hydrogen-bond acceptors (Lipinski definition) is 4. The maximum Gasteiger partial charge on any atom is 0.222 e. The summed E-state index contributed by atoms with van der Waals surface area (Å²) in [5.74, 6) is 0.582. The van der Waals surface area contributed by atoms with Crippen LogP contribution in [0.25, 0.3) is 0 Å². The largest absolute Gasteiger partial charge is 0.490 e. The second-order valence-electron chi connectivity index (χ2n) is 5.08. The molecule has 0 bridgehead atoms. The molecular formula is C13H20N3O3PS. The van der Waals surface area contributed by atoms with E-state index >= 15 is 0 Å². The smallest absolute Gasteiger partial charge is 0.222 e. The number of nitrogens with one attached hydrogen (secondary N) is 1. The Balaban J connectivity index is 2.24. The molecule has 1 heterocycles. The van der Waals surface area contributed by atoms with Crippen molar-refractivity contribution in [3.05, 3.63) is 23.8 Å². The van der Waals surface area contributed by atoms with E-state index < -0.39 is 10.9 Å². The van der Waals surface area contributed by atoms with Crippen LogP contribution in [0.3, 0.4) is 0 Å². The minimum Gasteiger partial charge on any atom is -0.490 e. The predicted octanol–water partition coefficient (Wildman–Crippen LogP) is 0.677. The molecule has 8 heteroatoms. The van der Waals surface area contributed by atoms with Gasteiger partial charge in [-0.15, -0.1) is 8.86 Å². The summed E-state index contributed by atoms with van der Waals surface area (Å²) in [7, 11) is 2.60. The Morgan fingerprint density at radius 3 is 2.67 bits per heavy atom. The van der Waals surface area contributed by atoms with Crippen molar-refractivity contribution in [2.24, 2.45) is 5.73 Å². The number of piperidine rings is 1. The molecule has 0 unspecified atom stereocenters. The Kier molecular flexibility index (Phi) is 5.58. The van der Waals surface area contributed by atoms with Gasteiger partial charge in [-0.2, -0.15) is 0 Å². The molecule has 0 atom stereocenters. The van der Waals surface area contributed by atoms with Crippen LogP contribution in [0, 0.1) is 0 Å². The quantitative estimate of drug-likeness (QED) is 0.546. The SMILES string of the molecule is CN1CCC(Oc2cccc(N[SH](=O)=O)c2C(N)=P)CC1. The summed E-state index contributed by atoms with van der Waals surface area (Å²) < 4.78 is 30.2. The van der Waals surface area contributed by atoms with Crippen LogP contribution in [-0.4, -0.2) is 45.0 Å². The fourth-order valence-corrected chi connectivity index (χ4v) is 3.02. The maximum absolute atomic E-state index is 10.9. The van der Waals surface area contributed by atoms with Gasteiger partial charge in [0.25, 0.3) is 0 Å². The number of thiol groups is 1. The zero-order valence-electron chi connectivity index (χ0n) is 11.8. The normalized spacial score (nSPS) is 16.9. The first kappa shape index (κ1) is 16.2. The second-order valence-corrected chi connectivity index (χ2v) is 6.36. The van der Waals surface area contributed by atoms with Gasteiger partial charge >= 0.3 is 0 Å². The number of benzene rings is 1. The molecule has 0 amide bonds. The molecule has 1 aliphatic heterocycles. The van der Waals surface area contributed by atoms with E-state index in [2.05, 4.69) is 25.5 Å². The number of nitrogens with two attached hydrogens (primary N) is 1. The lowest BCUT2D eigenvalue weighted by atomic mass is 10.1. The fourth-order valence-electron chi connectivity index (χ4n) is 2.38. The van der Waals surface area contributed by atoms with Gasteiger partial charge in [-0.3, -0.25) is 10.5 Å². The van der Waals surface area contributed by atoms with Crippen molar-refractivity contribution < 1.29 is 13.2 Å². The Morgan fingerprint density at radius 1 is 1.43 bits per heavy atom. The molecule has 1 fully saturated rings. The van der Waals surface area contributed by atoms with Crippen LogP contribution >= 0.6 is 8.86 Å². The molecule has 2 rings (SSSR count). The van der Waals surface area contributed by atoms with Gasteiger partial charge in [0.15, 0.2) is 0 Å². The third-order valence-corrected chi connectivity index (χ3v) is 4.14. The Bertz CT molecular complexity index is 590. The fraction of sp³-hybridized carbons (Fsp3) is 0.462. The minimum atomic E-state index is -2.76. The highest BCUT2D eigenvalue weighted by atomic mass is 32.2. The number of anilines is 1. The summed E-state index contributed by atoms with van der Waals surface area (Å²) in [6, 6.07) is 5.18. The van der Waals surface area contributed by atoms with Crippen molar-refractivity contribution in [1.82, 2.24) is 4.90 Å². The lowest BCUT2D eigenvalue weighted by molar-refractivity contribution is 0.114. The number of rotatable bonds is 5. The van der Waals surface area contributed by atoms with Gasteiger partial charge in [-0.05, 0) is 32.0 Å². The van der Waals surface area contributed by atoms with Crippen molar-refractivity contribution in [3.8, 4) is 5.75 Å². The lowest BCUT2D eigenvalue weighted by Gasteiger charge is -2.30. The zero-order valence-corrected chi connectivity index (χ0v) is 13.7. The van der Waals surface area contributed by atoms with Gasteiger partial charge < -0.3 is 9.64 Å². The van der Waals surface area contributed by atoms with Crippen molar-refractivity contribution in [2.75, 3.05) is 24.9 Å². The van der Waals surface area contributed by atoms with Crippen LogP contribution in [0.1, 0.15) is 18.4 Å². The molecule has 0 radical (unpaired) electrons. The Morgan fingerprint density at radius 2 is 2.10 bits per heavy atom. The molecule has 0 saturated carbocycles. The molecule has 3 N–H and O–H groups in total. The van der Waals surface area contributed by atoms with Gasteiger partial charge in [-0.25, -0.2) is 8.42 Å². The van der Waals surface area contributed by atoms with E-state index in [1.807, 2.05) is 0 Å². The van der Waals surface area contributed by atoms with E-state index in [1.54, 1.807) is 18.2 Å². The van der Waals surface area contributed by atoms with Gasteiger partial charge in [0.05, 0.1) is 11.3 Å². The number of likely N-dealkylation sites (tertiary alicyclic amines) is 1. The van der Waals surface area contributed by atoms with Gasteiger partial charge in [-0.1, -0.05) is 6.07 Å². The maximum atomic E-state index is 10.9. The summed E-state index contributed by atoms with van der Waals surface area (Å²) in [6.07, 6.45) is 1.98. The minimum absolute atomic E-state index is 0.113. The van der Waals surface area contributed by atoms with Crippen molar-refractivity contribution in [1.29, 1.82) is 0 Å². The van der Waals surface area contributed by atoms with E-state index in [-0.39, 0.29) is 6.10 Å². The molecule has 6 nitrogen and oxygen atoms in total. The highest BCUT2D eigenvalue weighted by Gasteiger charge is 2.20. The lowest BCUT2D eigenvalue weighted by Crippen LogP contribution is -2.36. The van der Waals surface area contributed by atoms with Crippen LogP contribution in [-0.2, 0) is 10.9 Å². The third kappa shape index (κ3) is 4.41. The molecule has 1 aromatic rings. The van der Waals surface area contributed by atoms with E-state index in [0.29, 0.717) is 22.4 Å². The zero-order chi connectivity index (χ0) is 15.4.